The van der Waals surface area contributed by atoms with E-state index in [0.29, 0.717) is 40.0 Å². The molecule has 130 valence electrons. The minimum absolute atomic E-state index is 0.274. The van der Waals surface area contributed by atoms with Crippen molar-refractivity contribution >= 4 is 46.6 Å². The quantitative estimate of drug-likeness (QED) is 0.744. The van der Waals surface area contributed by atoms with Crippen LogP contribution in [0.15, 0.2) is 41.3 Å². The van der Waals surface area contributed by atoms with Crippen molar-refractivity contribution in [1.29, 1.82) is 0 Å². The lowest BCUT2D eigenvalue weighted by Crippen LogP contribution is -2.27. The lowest BCUT2D eigenvalue weighted by atomic mass is 10.2. The average Bonchev–Trinajstić information content (AvgIpc) is 2.89. The third kappa shape index (κ3) is 4.08. The zero-order valence-corrected chi connectivity index (χ0v) is 15.6. The van der Waals surface area contributed by atoms with Gasteiger partial charge in [-0.2, -0.15) is 0 Å². The normalized spacial score (nSPS) is 15.8. The lowest BCUT2D eigenvalue weighted by molar-refractivity contribution is -0.476. The van der Waals surface area contributed by atoms with Crippen LogP contribution >= 0.6 is 35.0 Å². The first kappa shape index (κ1) is 18.0. The zero-order valence-electron chi connectivity index (χ0n) is 13.3. The monoisotopic (exact) mass is 397 g/mol. The number of methoxy groups -OCH3 is 1. The van der Waals surface area contributed by atoms with E-state index in [-0.39, 0.29) is 11.3 Å². The Bertz CT molecular complexity index is 824. The number of carbonyl (C=O) groups excluding carboxylic acids is 1. The standard InChI is InChI=1S/C17H14Cl2N2O3S/c1-24-13-2-3-14-15(9-13)25-16(21(14)23)4-5-20-17(22)10-6-11(18)8-12(19)7-10/h2-3,6-9,16H,4-5H2,1H3/p+1. The Hall–Kier alpha value is -1.76. The van der Waals surface area contributed by atoms with E-state index in [1.54, 1.807) is 37.4 Å². The fourth-order valence-electron chi connectivity index (χ4n) is 2.52. The highest BCUT2D eigenvalue weighted by molar-refractivity contribution is 8.00. The van der Waals surface area contributed by atoms with Crippen LogP contribution in [0.4, 0.5) is 5.69 Å². The van der Waals surface area contributed by atoms with Crippen LogP contribution in [0.5, 0.6) is 5.75 Å². The Morgan fingerprint density at radius 2 is 1.96 bits per heavy atom. The zero-order chi connectivity index (χ0) is 18.0. The van der Waals surface area contributed by atoms with Crippen molar-refractivity contribution < 1.29 is 14.3 Å². The number of ether oxygens (including phenoxy) is 1. The summed E-state index contributed by atoms with van der Waals surface area (Å²) < 4.78 is 6.15. The van der Waals surface area contributed by atoms with Crippen LogP contribution in [0.25, 0.3) is 0 Å². The van der Waals surface area contributed by atoms with Crippen molar-refractivity contribution in [2.24, 2.45) is 0 Å². The number of fused-ring (bicyclic) bond motifs is 1. The third-order valence-corrected chi connectivity index (χ3v) is 5.45. The molecule has 1 unspecified atom stereocenters. The second-order valence-corrected chi connectivity index (χ2v) is 7.53. The summed E-state index contributed by atoms with van der Waals surface area (Å²) in [7, 11) is 1.59. The summed E-state index contributed by atoms with van der Waals surface area (Å²) in [6.07, 6.45) is 0.505. The van der Waals surface area contributed by atoms with Gasteiger partial charge in [0.15, 0.2) is 0 Å². The van der Waals surface area contributed by atoms with E-state index < -0.39 is 0 Å². The Morgan fingerprint density at radius 1 is 1.24 bits per heavy atom. The van der Waals surface area contributed by atoms with Crippen molar-refractivity contribution in [2.45, 2.75) is 16.7 Å². The molecule has 0 saturated heterocycles. The molecule has 1 aliphatic rings. The minimum Gasteiger partial charge on any atom is -0.497 e. The summed E-state index contributed by atoms with van der Waals surface area (Å²) in [5.74, 6) is 0.440. The van der Waals surface area contributed by atoms with E-state index >= 15 is 0 Å². The molecule has 5 nitrogen and oxygen atoms in total. The number of amides is 1. The molecule has 8 heteroatoms. The number of hydrogen-bond acceptors (Lipinski definition) is 4. The number of nitrogens with one attached hydrogen (secondary N) is 1. The van der Waals surface area contributed by atoms with E-state index in [9.17, 15) is 9.70 Å². The molecule has 2 aromatic carbocycles. The van der Waals surface area contributed by atoms with Crippen molar-refractivity contribution in [3.63, 3.8) is 0 Å². The molecule has 1 N–H and O–H groups in total. The largest absolute Gasteiger partial charge is 0.497 e. The molecule has 25 heavy (non-hydrogen) atoms. The van der Waals surface area contributed by atoms with E-state index in [1.807, 2.05) is 6.07 Å². The third-order valence-electron chi connectivity index (χ3n) is 3.73. The maximum Gasteiger partial charge on any atom is 0.271 e. The Labute approximate surface area is 159 Å². The van der Waals surface area contributed by atoms with Crippen LogP contribution in [0.2, 0.25) is 10.0 Å². The summed E-state index contributed by atoms with van der Waals surface area (Å²) >= 11 is 13.3. The number of nitroso groups, excluding NO2 is 1. The number of nitrogens with zero attached hydrogens (tertiary/aromatic N) is 1. The van der Waals surface area contributed by atoms with Crippen LogP contribution in [0.3, 0.4) is 0 Å². The molecule has 1 atom stereocenters. The van der Waals surface area contributed by atoms with Gasteiger partial charge in [0.1, 0.15) is 5.75 Å². The summed E-state index contributed by atoms with van der Waals surface area (Å²) in [5, 5.41) is 3.31. The maximum absolute atomic E-state index is 12.3. The van der Waals surface area contributed by atoms with Gasteiger partial charge in [0.05, 0.1) is 16.8 Å². The summed E-state index contributed by atoms with van der Waals surface area (Å²) in [4.78, 5) is 25.4. The Kier molecular flexibility index (Phi) is 5.51. The van der Waals surface area contributed by atoms with Crippen LogP contribution in [0.1, 0.15) is 16.8 Å². The fourth-order valence-corrected chi connectivity index (χ4v) is 4.25. The number of carbonyl (C=O) groups is 1. The van der Waals surface area contributed by atoms with Gasteiger partial charge in [0.25, 0.3) is 17.0 Å². The molecule has 1 amide bonds. The van der Waals surface area contributed by atoms with Gasteiger partial charge in [-0.3, -0.25) is 4.79 Å². The molecular weight excluding hydrogens is 383 g/mol. The average molecular weight is 398 g/mol. The molecular formula is C17H15Cl2N2O3S+. The molecule has 3 rings (SSSR count). The number of benzene rings is 2. The van der Waals surface area contributed by atoms with Gasteiger partial charge < -0.3 is 10.1 Å². The van der Waals surface area contributed by atoms with Crippen LogP contribution < -0.4 is 10.1 Å². The number of hydrogen-bond donors (Lipinski definition) is 1. The predicted molar refractivity (Wildman–Crippen MR) is 99.3 cm³/mol. The molecule has 2 aromatic rings. The van der Waals surface area contributed by atoms with Gasteiger partial charge in [-0.1, -0.05) is 23.2 Å². The van der Waals surface area contributed by atoms with Gasteiger partial charge in [-0.05, 0) is 36.0 Å². The second kappa shape index (κ2) is 7.64. The van der Waals surface area contributed by atoms with Crippen molar-refractivity contribution in [1.82, 2.24) is 5.32 Å². The second-order valence-electron chi connectivity index (χ2n) is 5.43. The highest BCUT2D eigenvalue weighted by Gasteiger charge is 2.39. The predicted octanol–water partition coefficient (Wildman–Crippen LogP) is 4.66. The molecule has 0 aliphatic carbocycles. The van der Waals surface area contributed by atoms with E-state index in [4.69, 9.17) is 27.9 Å². The van der Waals surface area contributed by atoms with Crippen molar-refractivity contribution in [2.75, 3.05) is 13.7 Å². The molecule has 0 bridgehead atoms. The SMILES string of the molecule is COc1ccc2c(c1)SC(CCNC(=O)c1cc(Cl)cc(Cl)c1)[N+]2=O. The molecule has 0 aromatic heterocycles. The highest BCUT2D eigenvalue weighted by Crippen LogP contribution is 2.44. The van der Waals surface area contributed by atoms with E-state index in [2.05, 4.69) is 5.32 Å². The van der Waals surface area contributed by atoms with Crippen LogP contribution in [-0.4, -0.2) is 29.7 Å². The number of thioether (sulfide) groups is 1. The fraction of sp³-hybridized carbons (Fsp3) is 0.235. The maximum atomic E-state index is 12.3. The van der Waals surface area contributed by atoms with Crippen molar-refractivity contribution in [3.05, 3.63) is 56.9 Å². The molecule has 0 fully saturated rings. The first-order chi connectivity index (χ1) is 12.0. The van der Waals surface area contributed by atoms with Gasteiger partial charge in [-0.15, -0.1) is 0 Å². The lowest BCUT2D eigenvalue weighted by Gasteiger charge is -2.06. The smallest absolute Gasteiger partial charge is 0.271 e. The first-order valence-electron chi connectivity index (χ1n) is 7.53. The Balaban J connectivity index is 1.58. The first-order valence-corrected chi connectivity index (χ1v) is 9.17. The molecule has 0 radical (unpaired) electrons. The molecule has 1 heterocycles. The van der Waals surface area contributed by atoms with E-state index in [0.717, 1.165) is 9.66 Å². The molecule has 0 saturated carbocycles. The van der Waals surface area contributed by atoms with Gasteiger partial charge >= 0.3 is 0 Å². The highest BCUT2D eigenvalue weighted by atomic mass is 35.5. The summed E-state index contributed by atoms with van der Waals surface area (Å²) in [6.45, 7) is 0.366. The summed E-state index contributed by atoms with van der Waals surface area (Å²) in [5.41, 5.74) is 1.02. The van der Waals surface area contributed by atoms with Crippen LogP contribution in [0, 0.1) is 4.91 Å². The van der Waals surface area contributed by atoms with Crippen molar-refractivity contribution in [3.8, 4) is 5.75 Å². The van der Waals surface area contributed by atoms with Crippen LogP contribution in [-0.2, 0) is 0 Å². The van der Waals surface area contributed by atoms with Gasteiger partial charge in [0, 0.05) is 45.6 Å². The minimum atomic E-state index is -0.287. The summed E-state index contributed by atoms with van der Waals surface area (Å²) in [6, 6.07) is 10.0. The molecule has 1 aliphatic heterocycles. The number of halogens is 2. The molecule has 0 spiro atoms. The number of rotatable bonds is 5. The Morgan fingerprint density at radius 3 is 2.64 bits per heavy atom. The van der Waals surface area contributed by atoms with Gasteiger partial charge in [0.2, 0.25) is 0 Å². The van der Waals surface area contributed by atoms with E-state index in [1.165, 1.54) is 11.8 Å². The topological polar surface area (TPSA) is 58.4 Å². The van der Waals surface area contributed by atoms with Gasteiger partial charge in [-0.25, -0.2) is 0 Å².